The highest BCUT2D eigenvalue weighted by Gasteiger charge is 2.44. The largest absolute Gasteiger partial charge is 0.299 e. The van der Waals surface area contributed by atoms with E-state index in [1.807, 2.05) is 0 Å². The van der Waals surface area contributed by atoms with E-state index in [1.54, 1.807) is 0 Å². The fourth-order valence-electron chi connectivity index (χ4n) is 2.46. The van der Waals surface area contributed by atoms with E-state index in [4.69, 9.17) is 4.55 Å². The molecule has 3 atom stereocenters. The van der Waals surface area contributed by atoms with Crippen LogP contribution in [-0.2, 0) is 10.1 Å². The van der Waals surface area contributed by atoms with Gasteiger partial charge in [-0.2, -0.15) is 8.42 Å². The van der Waals surface area contributed by atoms with Crippen LogP contribution in [0.1, 0.15) is 19.3 Å². The van der Waals surface area contributed by atoms with E-state index in [1.165, 1.54) is 0 Å². The maximum Gasteiger partial charge on any atom is 0.281 e. The van der Waals surface area contributed by atoms with Crippen LogP contribution in [0.4, 0.5) is 0 Å². The van der Waals surface area contributed by atoms with Crippen molar-refractivity contribution in [3.63, 3.8) is 0 Å². The highest BCUT2D eigenvalue weighted by atomic mass is 32.2. The number of fused-ring (bicyclic) bond motifs is 1. The third-order valence-corrected chi connectivity index (χ3v) is 4.17. The van der Waals surface area contributed by atoms with Gasteiger partial charge in [-0.05, 0) is 31.2 Å². The van der Waals surface area contributed by atoms with E-state index in [0.717, 1.165) is 25.8 Å². The zero-order valence-corrected chi connectivity index (χ0v) is 7.55. The van der Waals surface area contributed by atoms with Crippen molar-refractivity contribution in [3.05, 3.63) is 0 Å². The quantitative estimate of drug-likeness (QED) is 0.582. The lowest BCUT2D eigenvalue weighted by Crippen LogP contribution is -2.35. The second-order valence-corrected chi connectivity index (χ2v) is 5.24. The van der Waals surface area contributed by atoms with Gasteiger partial charge < -0.3 is 0 Å². The fourth-order valence-corrected chi connectivity index (χ4v) is 3.57. The number of rotatable bonds is 1. The van der Waals surface area contributed by atoms with Crippen LogP contribution >= 0.6 is 0 Å². The third kappa shape index (κ3) is 1.26. The molecule has 1 unspecified atom stereocenters. The van der Waals surface area contributed by atoms with E-state index in [0.29, 0.717) is 5.92 Å². The summed E-state index contributed by atoms with van der Waals surface area (Å²) in [6, 6.07) is 0. The maximum atomic E-state index is 10.9. The molecule has 1 aliphatic heterocycles. The molecular formula is C7H13NO3S. The van der Waals surface area contributed by atoms with Crippen molar-refractivity contribution in [2.45, 2.75) is 24.6 Å². The number of nitrogens with one attached hydrogen (secondary N) is 1. The van der Waals surface area contributed by atoms with Crippen molar-refractivity contribution >= 4 is 10.1 Å². The van der Waals surface area contributed by atoms with Gasteiger partial charge in [0.15, 0.2) is 0 Å². The van der Waals surface area contributed by atoms with Gasteiger partial charge in [-0.15, -0.1) is 0 Å². The Morgan fingerprint density at radius 2 is 2.08 bits per heavy atom. The van der Waals surface area contributed by atoms with Crippen LogP contribution in [0.2, 0.25) is 0 Å². The van der Waals surface area contributed by atoms with Gasteiger partial charge in [0.05, 0.1) is 0 Å². The molecule has 0 aromatic rings. The molecule has 2 aliphatic rings. The average molecular weight is 191 g/mol. The first-order chi connectivity index (χ1) is 5.59. The van der Waals surface area contributed by atoms with E-state index in [9.17, 15) is 8.42 Å². The van der Waals surface area contributed by atoms with E-state index < -0.39 is 15.5 Å². The van der Waals surface area contributed by atoms with Crippen LogP contribution in [0.25, 0.3) is 0 Å². The minimum atomic E-state index is -3.87. The number of hydrogen-bond donors (Lipinski definition) is 2. The summed E-state index contributed by atoms with van der Waals surface area (Å²) in [6.45, 7) is 0.745. The van der Waals surface area contributed by atoms with E-state index in [-0.39, 0.29) is 5.92 Å². The SMILES string of the molecule is O=S(=O)(O)C1NC[C@@H]2CCC[C@H]12. The van der Waals surface area contributed by atoms with Crippen molar-refractivity contribution in [1.82, 2.24) is 5.32 Å². The fraction of sp³-hybridized carbons (Fsp3) is 1.00. The van der Waals surface area contributed by atoms with Gasteiger partial charge in [0, 0.05) is 0 Å². The second-order valence-electron chi connectivity index (χ2n) is 3.70. The standard InChI is InChI=1S/C7H13NO3S/c9-12(10,11)7-6-3-1-2-5(6)4-8-7/h5-8H,1-4H2,(H,9,10,11)/t5-,6-,7?/m0/s1. The summed E-state index contributed by atoms with van der Waals surface area (Å²) in [7, 11) is -3.87. The van der Waals surface area contributed by atoms with Gasteiger partial charge in [-0.1, -0.05) is 6.42 Å². The van der Waals surface area contributed by atoms with Crippen molar-refractivity contribution < 1.29 is 13.0 Å². The van der Waals surface area contributed by atoms with Crippen LogP contribution in [0, 0.1) is 11.8 Å². The van der Waals surface area contributed by atoms with Crippen molar-refractivity contribution in [3.8, 4) is 0 Å². The Hall–Kier alpha value is -0.130. The Morgan fingerprint density at radius 3 is 2.75 bits per heavy atom. The minimum Gasteiger partial charge on any atom is -0.299 e. The monoisotopic (exact) mass is 191 g/mol. The lowest BCUT2D eigenvalue weighted by Gasteiger charge is -2.13. The summed E-state index contributed by atoms with van der Waals surface area (Å²) in [4.78, 5) is 0. The van der Waals surface area contributed by atoms with Crippen molar-refractivity contribution in [2.24, 2.45) is 11.8 Å². The average Bonchev–Trinajstić information content (AvgIpc) is 2.37. The molecule has 0 bridgehead atoms. The van der Waals surface area contributed by atoms with E-state index in [2.05, 4.69) is 5.32 Å². The molecular weight excluding hydrogens is 178 g/mol. The minimum absolute atomic E-state index is 0.153. The van der Waals surface area contributed by atoms with Crippen LogP contribution in [0.5, 0.6) is 0 Å². The summed E-state index contributed by atoms with van der Waals surface area (Å²) in [6.07, 6.45) is 3.13. The Balaban J connectivity index is 2.20. The summed E-state index contributed by atoms with van der Waals surface area (Å²) in [5.74, 6) is 0.622. The van der Waals surface area contributed by atoms with Gasteiger partial charge in [0.2, 0.25) is 0 Å². The maximum absolute atomic E-state index is 10.9. The van der Waals surface area contributed by atoms with Crippen molar-refractivity contribution in [1.29, 1.82) is 0 Å². The zero-order valence-electron chi connectivity index (χ0n) is 6.73. The Bertz CT molecular complexity index is 274. The molecule has 0 aromatic heterocycles. The highest BCUT2D eigenvalue weighted by Crippen LogP contribution is 2.38. The lowest BCUT2D eigenvalue weighted by atomic mass is 10.0. The molecule has 1 saturated carbocycles. The molecule has 4 nitrogen and oxygen atoms in total. The third-order valence-electron chi connectivity index (χ3n) is 3.01. The molecule has 1 heterocycles. The Labute approximate surface area is 72.1 Å². The van der Waals surface area contributed by atoms with Crippen molar-refractivity contribution in [2.75, 3.05) is 6.54 Å². The topological polar surface area (TPSA) is 66.4 Å². The first-order valence-corrected chi connectivity index (χ1v) is 5.79. The first-order valence-electron chi connectivity index (χ1n) is 4.29. The van der Waals surface area contributed by atoms with Crippen LogP contribution in [-0.4, -0.2) is 24.9 Å². The summed E-state index contributed by atoms with van der Waals surface area (Å²) >= 11 is 0. The lowest BCUT2D eigenvalue weighted by molar-refractivity contribution is 0.415. The smallest absolute Gasteiger partial charge is 0.281 e. The summed E-state index contributed by atoms with van der Waals surface area (Å²) in [5.41, 5.74) is 0. The van der Waals surface area contributed by atoms with Crippen LogP contribution < -0.4 is 5.32 Å². The molecule has 2 N–H and O–H groups in total. The second kappa shape index (κ2) is 2.68. The highest BCUT2D eigenvalue weighted by molar-refractivity contribution is 7.86. The summed E-state index contributed by atoms with van der Waals surface area (Å²) in [5, 5.41) is 2.17. The van der Waals surface area contributed by atoms with Gasteiger partial charge in [-0.25, -0.2) is 0 Å². The van der Waals surface area contributed by atoms with Crippen LogP contribution in [0.3, 0.4) is 0 Å². The Morgan fingerprint density at radius 1 is 1.33 bits per heavy atom. The molecule has 2 fully saturated rings. The molecule has 0 aromatic carbocycles. The molecule has 1 saturated heterocycles. The molecule has 70 valence electrons. The molecule has 0 radical (unpaired) electrons. The van der Waals surface area contributed by atoms with Gasteiger partial charge in [0.25, 0.3) is 10.1 Å². The molecule has 12 heavy (non-hydrogen) atoms. The number of hydrogen-bond acceptors (Lipinski definition) is 3. The van der Waals surface area contributed by atoms with Gasteiger partial charge >= 0.3 is 0 Å². The normalized spacial score (nSPS) is 41.6. The molecule has 1 aliphatic carbocycles. The van der Waals surface area contributed by atoms with Crippen LogP contribution in [0.15, 0.2) is 0 Å². The predicted molar refractivity (Wildman–Crippen MR) is 44.2 cm³/mol. The first kappa shape index (κ1) is 8.47. The Kier molecular flexibility index (Phi) is 1.89. The predicted octanol–water partition coefficient (Wildman–Crippen LogP) is 0.220. The molecule has 0 spiro atoms. The molecule has 5 heteroatoms. The van der Waals surface area contributed by atoms with Gasteiger partial charge in [-0.3, -0.25) is 9.87 Å². The van der Waals surface area contributed by atoms with Gasteiger partial charge in [0.1, 0.15) is 5.37 Å². The molecule has 2 rings (SSSR count). The summed E-state index contributed by atoms with van der Waals surface area (Å²) < 4.78 is 30.6. The zero-order chi connectivity index (χ0) is 8.77. The molecule has 0 amide bonds. The van der Waals surface area contributed by atoms with E-state index >= 15 is 0 Å².